The lowest BCUT2D eigenvalue weighted by Crippen LogP contribution is -2.45. The van der Waals surface area contributed by atoms with Crippen molar-refractivity contribution in [1.82, 2.24) is 10.2 Å². The van der Waals surface area contributed by atoms with Crippen molar-refractivity contribution in [2.75, 3.05) is 26.2 Å². The minimum absolute atomic E-state index is 0. The highest BCUT2D eigenvalue weighted by Gasteiger charge is 2.25. The van der Waals surface area contributed by atoms with Crippen molar-refractivity contribution in [3.63, 3.8) is 0 Å². The molecule has 0 bridgehead atoms. The maximum atomic E-state index is 13.2. The minimum atomic E-state index is -2.37. The summed E-state index contributed by atoms with van der Waals surface area (Å²) in [5.74, 6) is -0.375. The van der Waals surface area contributed by atoms with Gasteiger partial charge in [0.1, 0.15) is 5.82 Å². The molecular weight excluding hydrogens is 357 g/mol. The van der Waals surface area contributed by atoms with E-state index in [-0.39, 0.29) is 30.7 Å². The second-order valence-corrected chi connectivity index (χ2v) is 5.46. The van der Waals surface area contributed by atoms with E-state index in [1.54, 1.807) is 12.1 Å². The van der Waals surface area contributed by atoms with Gasteiger partial charge in [0.15, 0.2) is 0 Å². The number of hydrogen-bond donors (Lipinski definition) is 1. The van der Waals surface area contributed by atoms with Crippen LogP contribution in [0.4, 0.5) is 13.2 Å². The summed E-state index contributed by atoms with van der Waals surface area (Å²) in [6.07, 6.45) is -2.60. The van der Waals surface area contributed by atoms with Crippen molar-refractivity contribution in [3.05, 3.63) is 34.1 Å². The Hall–Kier alpha value is -0.300. The van der Waals surface area contributed by atoms with Crippen LogP contribution in [0.1, 0.15) is 18.0 Å². The van der Waals surface area contributed by atoms with E-state index in [0.717, 1.165) is 31.7 Å². The van der Waals surface area contributed by atoms with Crippen LogP contribution in [0.5, 0.6) is 0 Å². The number of hydrogen-bond acceptors (Lipinski definition) is 2. The van der Waals surface area contributed by atoms with E-state index in [2.05, 4.69) is 21.2 Å². The average Bonchev–Trinajstić information content (AvgIpc) is 2.40. The second-order valence-electron chi connectivity index (χ2n) is 4.60. The molecular formula is C13H17BrClF3N2. The van der Waals surface area contributed by atoms with E-state index < -0.39 is 6.43 Å². The summed E-state index contributed by atoms with van der Waals surface area (Å²) in [5.41, 5.74) is 0.732. The molecule has 20 heavy (non-hydrogen) atoms. The summed E-state index contributed by atoms with van der Waals surface area (Å²) in [6.45, 7) is 3.04. The van der Waals surface area contributed by atoms with Crippen molar-refractivity contribution < 1.29 is 13.2 Å². The van der Waals surface area contributed by atoms with E-state index in [9.17, 15) is 13.2 Å². The Balaban J connectivity index is 0.00000200. The number of nitrogens with zero attached hydrogens (tertiary/aromatic N) is 1. The molecule has 2 nitrogen and oxygen atoms in total. The van der Waals surface area contributed by atoms with Gasteiger partial charge in [-0.3, -0.25) is 4.90 Å². The van der Waals surface area contributed by atoms with Gasteiger partial charge in [-0.25, -0.2) is 13.2 Å². The summed E-state index contributed by atoms with van der Waals surface area (Å²) in [7, 11) is 0. The Morgan fingerprint density at radius 2 is 1.90 bits per heavy atom. The van der Waals surface area contributed by atoms with Gasteiger partial charge in [0.25, 0.3) is 0 Å². The molecule has 1 fully saturated rings. The van der Waals surface area contributed by atoms with Crippen LogP contribution in [-0.4, -0.2) is 37.5 Å². The van der Waals surface area contributed by atoms with Crippen molar-refractivity contribution in [3.8, 4) is 0 Å². The van der Waals surface area contributed by atoms with Crippen LogP contribution < -0.4 is 5.32 Å². The van der Waals surface area contributed by atoms with Crippen LogP contribution in [0.3, 0.4) is 0 Å². The standard InChI is InChI=1S/C13H16BrF3N2.ClH/c14-10-7-9(1-2-11(10)15)12(8-13(16)17)19-5-3-18-4-6-19;/h1-2,7,12-13,18H,3-6,8H2;1H/t12-;/m1./s1. The number of benzene rings is 1. The van der Waals surface area contributed by atoms with Gasteiger partial charge in [-0.2, -0.15) is 0 Å². The number of nitrogens with one attached hydrogen (secondary N) is 1. The molecule has 1 aliphatic heterocycles. The Morgan fingerprint density at radius 3 is 2.45 bits per heavy atom. The fourth-order valence-corrected chi connectivity index (χ4v) is 2.77. The zero-order valence-electron chi connectivity index (χ0n) is 10.8. The van der Waals surface area contributed by atoms with Gasteiger partial charge < -0.3 is 5.32 Å². The van der Waals surface area contributed by atoms with Gasteiger partial charge in [0.2, 0.25) is 6.43 Å². The normalized spacial score (nSPS) is 17.9. The molecule has 1 heterocycles. The van der Waals surface area contributed by atoms with Gasteiger partial charge in [0, 0.05) is 38.6 Å². The lowest BCUT2D eigenvalue weighted by atomic mass is 10.0. The molecule has 0 spiro atoms. The number of halogens is 5. The first kappa shape index (κ1) is 17.8. The van der Waals surface area contributed by atoms with E-state index in [1.165, 1.54) is 6.07 Å². The highest BCUT2D eigenvalue weighted by atomic mass is 79.9. The van der Waals surface area contributed by atoms with Crippen LogP contribution in [0.15, 0.2) is 22.7 Å². The summed E-state index contributed by atoms with van der Waals surface area (Å²) in [6, 6.07) is 4.15. The highest BCUT2D eigenvalue weighted by molar-refractivity contribution is 9.10. The second kappa shape index (κ2) is 8.22. The van der Waals surface area contributed by atoms with Crippen molar-refractivity contribution in [2.24, 2.45) is 0 Å². The van der Waals surface area contributed by atoms with E-state index >= 15 is 0 Å². The van der Waals surface area contributed by atoms with Gasteiger partial charge in [-0.1, -0.05) is 6.07 Å². The first-order chi connectivity index (χ1) is 9.08. The predicted molar refractivity (Wildman–Crippen MR) is 79.2 cm³/mol. The molecule has 1 aromatic carbocycles. The molecule has 0 aromatic heterocycles. The monoisotopic (exact) mass is 372 g/mol. The molecule has 1 aromatic rings. The van der Waals surface area contributed by atoms with Gasteiger partial charge in [-0.15, -0.1) is 12.4 Å². The smallest absolute Gasteiger partial charge is 0.240 e. The fourth-order valence-electron chi connectivity index (χ4n) is 2.38. The quantitative estimate of drug-likeness (QED) is 0.867. The summed E-state index contributed by atoms with van der Waals surface area (Å²) >= 11 is 3.11. The number of alkyl halides is 2. The first-order valence-corrected chi connectivity index (χ1v) is 7.05. The van der Waals surface area contributed by atoms with Crippen LogP contribution in [0.25, 0.3) is 0 Å². The summed E-state index contributed by atoms with van der Waals surface area (Å²) in [5, 5.41) is 3.20. The number of rotatable bonds is 4. The molecule has 0 radical (unpaired) electrons. The van der Waals surface area contributed by atoms with Crippen molar-refractivity contribution >= 4 is 28.3 Å². The molecule has 7 heteroatoms. The van der Waals surface area contributed by atoms with Crippen LogP contribution in [-0.2, 0) is 0 Å². The molecule has 0 amide bonds. The zero-order valence-corrected chi connectivity index (χ0v) is 13.2. The molecule has 0 aliphatic carbocycles. The third-order valence-electron chi connectivity index (χ3n) is 3.32. The maximum Gasteiger partial charge on any atom is 0.240 e. The molecule has 1 saturated heterocycles. The topological polar surface area (TPSA) is 15.3 Å². The lowest BCUT2D eigenvalue weighted by Gasteiger charge is -2.35. The van der Waals surface area contributed by atoms with E-state index in [1.807, 2.05) is 4.90 Å². The van der Waals surface area contributed by atoms with E-state index in [4.69, 9.17) is 0 Å². The number of piperazine rings is 1. The van der Waals surface area contributed by atoms with Gasteiger partial charge >= 0.3 is 0 Å². The van der Waals surface area contributed by atoms with Gasteiger partial charge in [-0.05, 0) is 33.6 Å². The Morgan fingerprint density at radius 1 is 1.25 bits per heavy atom. The predicted octanol–water partition coefficient (Wildman–Crippen LogP) is 3.61. The fraction of sp³-hybridized carbons (Fsp3) is 0.538. The molecule has 0 unspecified atom stereocenters. The van der Waals surface area contributed by atoms with Crippen LogP contribution in [0.2, 0.25) is 0 Å². The summed E-state index contributed by atoms with van der Waals surface area (Å²) in [4.78, 5) is 2.03. The first-order valence-electron chi connectivity index (χ1n) is 6.26. The molecule has 1 aliphatic rings. The summed E-state index contributed by atoms with van der Waals surface area (Å²) < 4.78 is 39.1. The highest BCUT2D eigenvalue weighted by Crippen LogP contribution is 2.30. The Labute approximate surface area is 131 Å². The van der Waals surface area contributed by atoms with Gasteiger partial charge in [0.05, 0.1) is 4.47 Å². The third-order valence-corrected chi connectivity index (χ3v) is 3.93. The molecule has 114 valence electrons. The Bertz CT molecular complexity index is 428. The minimum Gasteiger partial charge on any atom is -0.314 e. The third kappa shape index (κ3) is 4.62. The Kier molecular flexibility index (Phi) is 7.29. The SMILES string of the molecule is Cl.Fc1ccc([C@@H](CC(F)F)N2CCNCC2)cc1Br. The van der Waals surface area contributed by atoms with Crippen LogP contribution >= 0.6 is 28.3 Å². The van der Waals surface area contributed by atoms with Crippen molar-refractivity contribution in [2.45, 2.75) is 18.9 Å². The maximum absolute atomic E-state index is 13.2. The molecule has 1 atom stereocenters. The largest absolute Gasteiger partial charge is 0.314 e. The van der Waals surface area contributed by atoms with Crippen molar-refractivity contribution in [1.29, 1.82) is 0 Å². The molecule has 1 N–H and O–H groups in total. The van der Waals surface area contributed by atoms with Crippen LogP contribution in [0, 0.1) is 5.82 Å². The molecule has 0 saturated carbocycles. The zero-order chi connectivity index (χ0) is 13.8. The average molecular weight is 374 g/mol. The lowest BCUT2D eigenvalue weighted by molar-refractivity contribution is 0.0739. The van der Waals surface area contributed by atoms with E-state index in [0.29, 0.717) is 4.47 Å². The molecule has 2 rings (SSSR count).